The highest BCUT2D eigenvalue weighted by Crippen LogP contribution is 1.88. The number of methoxy groups -OCH3 is 1. The maximum Gasteiger partial charge on any atom is 0.0584 e. The molecular weight excluding hydrogens is 134 g/mol. The molecule has 3 heteroatoms. The van der Waals surface area contributed by atoms with E-state index in [0.29, 0.717) is 0 Å². The smallest absolute Gasteiger partial charge is 0.0584 e. The van der Waals surface area contributed by atoms with Crippen LogP contribution < -0.4 is 0 Å². The third-order valence-corrected chi connectivity index (χ3v) is 1.06. The molecule has 0 radical (unpaired) electrons. The topological polar surface area (TPSA) is 21.6 Å². The molecule has 0 aromatic carbocycles. The number of nitrogens with zero attached hydrogens (tertiary/aromatic N) is 1. The first-order valence-electron chi connectivity index (χ1n) is 2.94. The molecule has 9 heavy (non-hydrogen) atoms. The van der Waals surface area contributed by atoms with Crippen LogP contribution >= 0.6 is 12.2 Å². The molecule has 0 fully saturated rings. The average Bonchev–Trinajstić information content (AvgIpc) is 1.89. The Morgan fingerprint density at radius 1 is 1.56 bits per heavy atom. The van der Waals surface area contributed by atoms with Crippen LogP contribution in [0.25, 0.3) is 0 Å². The molecule has 0 unspecified atom stereocenters. The van der Waals surface area contributed by atoms with Gasteiger partial charge in [0, 0.05) is 20.3 Å². The largest absolute Gasteiger partial charge is 0.385 e. The van der Waals surface area contributed by atoms with Crippen LogP contribution in [0.5, 0.6) is 0 Å². The molecule has 0 aliphatic rings. The van der Waals surface area contributed by atoms with Crippen molar-refractivity contribution in [3.8, 4) is 0 Å². The van der Waals surface area contributed by atoms with E-state index < -0.39 is 0 Å². The normalized spacial score (nSPS) is 8.56. The van der Waals surface area contributed by atoms with Crippen LogP contribution in [0.4, 0.5) is 0 Å². The fourth-order valence-electron chi connectivity index (χ4n) is 0.483. The summed E-state index contributed by atoms with van der Waals surface area (Å²) in [7, 11) is 1.70. The van der Waals surface area contributed by atoms with Crippen LogP contribution in [0.3, 0.4) is 0 Å². The molecule has 52 valence electrons. The summed E-state index contributed by atoms with van der Waals surface area (Å²) >= 11 is 4.38. The lowest BCUT2D eigenvalue weighted by molar-refractivity contribution is 0.193. The van der Waals surface area contributed by atoms with Crippen molar-refractivity contribution in [3.05, 3.63) is 0 Å². The van der Waals surface area contributed by atoms with E-state index in [1.54, 1.807) is 7.11 Å². The molecular formula is C6H11NOS. The lowest BCUT2D eigenvalue weighted by atomic mass is 10.3. The number of hydrogen-bond donors (Lipinski definition) is 0. The van der Waals surface area contributed by atoms with Gasteiger partial charge in [-0.1, -0.05) is 0 Å². The van der Waals surface area contributed by atoms with E-state index in [2.05, 4.69) is 22.4 Å². The highest BCUT2D eigenvalue weighted by atomic mass is 32.1. The van der Waals surface area contributed by atoms with Crippen LogP contribution in [-0.2, 0) is 4.74 Å². The third-order valence-electron chi connectivity index (χ3n) is 0.933. The van der Waals surface area contributed by atoms with Crippen LogP contribution in [0.2, 0.25) is 0 Å². The van der Waals surface area contributed by atoms with Crippen LogP contribution in [0.1, 0.15) is 12.8 Å². The summed E-state index contributed by atoms with van der Waals surface area (Å²) in [6.45, 7) is 1.60. The fraction of sp³-hybridized carbons (Fsp3) is 0.833. The molecule has 0 rings (SSSR count). The van der Waals surface area contributed by atoms with Crippen LogP contribution in [-0.4, -0.2) is 25.4 Å². The van der Waals surface area contributed by atoms with Crippen molar-refractivity contribution in [2.75, 3.05) is 20.3 Å². The molecule has 0 aliphatic carbocycles. The van der Waals surface area contributed by atoms with E-state index in [4.69, 9.17) is 4.74 Å². The Hall–Kier alpha value is -0.240. The molecule has 0 aliphatic heterocycles. The van der Waals surface area contributed by atoms with Gasteiger partial charge in [-0.2, -0.15) is 0 Å². The number of rotatable bonds is 5. The summed E-state index contributed by atoms with van der Waals surface area (Å²) in [5.74, 6) is 0. The predicted molar refractivity (Wildman–Crippen MR) is 41.0 cm³/mol. The monoisotopic (exact) mass is 145 g/mol. The summed E-state index contributed by atoms with van der Waals surface area (Å²) in [6, 6.07) is 0. The number of thiocarbonyl (C=S) groups is 1. The van der Waals surface area contributed by atoms with E-state index in [0.717, 1.165) is 26.0 Å². The molecule has 0 saturated heterocycles. The zero-order valence-corrected chi connectivity index (χ0v) is 6.41. The molecule has 0 aromatic heterocycles. The second-order valence-electron chi connectivity index (χ2n) is 1.67. The van der Waals surface area contributed by atoms with Gasteiger partial charge in [-0.15, -0.1) is 0 Å². The van der Waals surface area contributed by atoms with Crippen molar-refractivity contribution in [1.29, 1.82) is 0 Å². The number of hydrogen-bond acceptors (Lipinski definition) is 3. The number of unbranched alkanes of at least 4 members (excludes halogenated alkanes) is 1. The molecule has 0 atom stereocenters. The van der Waals surface area contributed by atoms with Gasteiger partial charge in [-0.25, -0.2) is 4.99 Å². The molecule has 0 heterocycles. The summed E-state index contributed by atoms with van der Waals surface area (Å²) < 4.78 is 4.83. The van der Waals surface area contributed by atoms with Gasteiger partial charge in [0.15, 0.2) is 0 Å². The van der Waals surface area contributed by atoms with Crippen molar-refractivity contribution in [1.82, 2.24) is 0 Å². The molecule has 0 spiro atoms. The minimum Gasteiger partial charge on any atom is -0.385 e. The Bertz CT molecular complexity index is 99.2. The van der Waals surface area contributed by atoms with E-state index >= 15 is 0 Å². The van der Waals surface area contributed by atoms with E-state index in [1.165, 1.54) is 0 Å². The zero-order valence-electron chi connectivity index (χ0n) is 5.59. The van der Waals surface area contributed by atoms with Gasteiger partial charge in [0.05, 0.1) is 5.16 Å². The first-order chi connectivity index (χ1) is 4.41. The second-order valence-corrected chi connectivity index (χ2v) is 1.86. The number of aliphatic imine (C=N–C) groups is 1. The maximum absolute atomic E-state index is 4.83. The minimum atomic E-state index is 0.785. The lowest BCUT2D eigenvalue weighted by Crippen LogP contribution is -1.89. The third kappa shape index (κ3) is 7.76. The van der Waals surface area contributed by atoms with Crippen molar-refractivity contribution < 1.29 is 4.74 Å². The quantitative estimate of drug-likeness (QED) is 0.332. The van der Waals surface area contributed by atoms with Gasteiger partial charge in [0.1, 0.15) is 0 Å². The molecule has 0 bridgehead atoms. The Morgan fingerprint density at radius 2 is 2.33 bits per heavy atom. The number of isothiocyanates is 1. The Morgan fingerprint density at radius 3 is 2.89 bits per heavy atom. The standard InChI is InChI=1S/C6H11NOS/c1-8-5-3-2-4-7-6-9/h2-5H2,1H3. The Kier molecular flexibility index (Phi) is 7.55. The van der Waals surface area contributed by atoms with Gasteiger partial charge < -0.3 is 4.74 Å². The van der Waals surface area contributed by atoms with Gasteiger partial charge in [0.2, 0.25) is 0 Å². The van der Waals surface area contributed by atoms with Gasteiger partial charge in [-0.05, 0) is 25.1 Å². The summed E-state index contributed by atoms with van der Waals surface area (Å²) in [4.78, 5) is 3.75. The maximum atomic E-state index is 4.83. The molecule has 2 nitrogen and oxygen atoms in total. The van der Waals surface area contributed by atoms with E-state index in [1.807, 2.05) is 0 Å². The fourth-order valence-corrected chi connectivity index (χ4v) is 0.574. The van der Waals surface area contributed by atoms with E-state index in [9.17, 15) is 0 Å². The molecule has 0 N–H and O–H groups in total. The second kappa shape index (κ2) is 7.76. The molecule has 0 saturated carbocycles. The lowest BCUT2D eigenvalue weighted by Gasteiger charge is -1.93. The van der Waals surface area contributed by atoms with Crippen LogP contribution in [0, 0.1) is 0 Å². The summed E-state index contributed by atoms with van der Waals surface area (Å²) in [5.41, 5.74) is 0. The Labute approximate surface area is 60.9 Å². The first kappa shape index (κ1) is 8.76. The number of ether oxygens (including phenoxy) is 1. The van der Waals surface area contributed by atoms with Crippen LogP contribution in [0.15, 0.2) is 4.99 Å². The van der Waals surface area contributed by atoms with Crippen molar-refractivity contribution in [3.63, 3.8) is 0 Å². The first-order valence-corrected chi connectivity index (χ1v) is 3.35. The highest BCUT2D eigenvalue weighted by molar-refractivity contribution is 7.78. The summed E-state index contributed by atoms with van der Waals surface area (Å²) in [5, 5.41) is 2.31. The minimum absolute atomic E-state index is 0.785. The Balaban J connectivity index is 2.82. The average molecular weight is 145 g/mol. The van der Waals surface area contributed by atoms with Crippen molar-refractivity contribution in [2.24, 2.45) is 4.99 Å². The van der Waals surface area contributed by atoms with Crippen molar-refractivity contribution >= 4 is 17.4 Å². The molecule has 0 amide bonds. The van der Waals surface area contributed by atoms with Gasteiger partial charge in [0.25, 0.3) is 0 Å². The SMILES string of the molecule is COCCCCN=C=S. The zero-order chi connectivity index (χ0) is 6.95. The van der Waals surface area contributed by atoms with Gasteiger partial charge in [-0.3, -0.25) is 0 Å². The van der Waals surface area contributed by atoms with Crippen molar-refractivity contribution in [2.45, 2.75) is 12.8 Å². The predicted octanol–water partition coefficient (Wildman–Crippen LogP) is 1.52. The highest BCUT2D eigenvalue weighted by Gasteiger charge is 1.82. The van der Waals surface area contributed by atoms with E-state index in [-0.39, 0.29) is 0 Å². The summed E-state index contributed by atoms with van der Waals surface area (Å²) in [6.07, 6.45) is 2.09. The van der Waals surface area contributed by atoms with Gasteiger partial charge >= 0.3 is 0 Å². The molecule has 0 aromatic rings.